The Labute approximate surface area is 128 Å². The maximum absolute atomic E-state index is 12.2. The van der Waals surface area contributed by atoms with Crippen molar-refractivity contribution in [2.24, 2.45) is 5.73 Å². The molecule has 0 aliphatic carbocycles. The second kappa shape index (κ2) is 6.34. The highest BCUT2D eigenvalue weighted by Gasteiger charge is 2.18. The zero-order valence-corrected chi connectivity index (χ0v) is 12.8. The molecule has 1 aromatic carbocycles. The zero-order chi connectivity index (χ0) is 16.3. The number of carbonyl (C=O) groups excluding carboxylic acids is 2. The van der Waals surface area contributed by atoms with E-state index < -0.39 is 6.03 Å². The van der Waals surface area contributed by atoms with Crippen LogP contribution in [0.2, 0.25) is 0 Å². The zero-order valence-electron chi connectivity index (χ0n) is 12.8. The van der Waals surface area contributed by atoms with Crippen LogP contribution >= 0.6 is 0 Å². The van der Waals surface area contributed by atoms with Gasteiger partial charge in [0.25, 0.3) is 5.91 Å². The van der Waals surface area contributed by atoms with Gasteiger partial charge in [0, 0.05) is 17.8 Å². The highest BCUT2D eigenvalue weighted by atomic mass is 16.3. The van der Waals surface area contributed by atoms with E-state index in [0.29, 0.717) is 23.6 Å². The van der Waals surface area contributed by atoms with E-state index >= 15 is 0 Å². The van der Waals surface area contributed by atoms with Gasteiger partial charge in [0.1, 0.15) is 11.5 Å². The molecule has 4 N–H and O–H groups in total. The molecule has 1 aromatic heterocycles. The van der Waals surface area contributed by atoms with Crippen LogP contribution in [0.1, 0.15) is 33.0 Å². The van der Waals surface area contributed by atoms with Crippen molar-refractivity contribution in [3.05, 3.63) is 52.5 Å². The summed E-state index contributed by atoms with van der Waals surface area (Å²) in [6, 6.07) is 6.47. The van der Waals surface area contributed by atoms with E-state index in [-0.39, 0.29) is 5.91 Å². The van der Waals surface area contributed by atoms with E-state index in [4.69, 9.17) is 10.2 Å². The lowest BCUT2D eigenvalue weighted by Crippen LogP contribution is -2.24. The van der Waals surface area contributed by atoms with E-state index in [1.54, 1.807) is 19.1 Å². The summed E-state index contributed by atoms with van der Waals surface area (Å²) in [6.45, 7) is 5.87. The quantitative estimate of drug-likeness (QED) is 0.809. The van der Waals surface area contributed by atoms with Crippen LogP contribution in [0.5, 0.6) is 0 Å². The van der Waals surface area contributed by atoms with E-state index in [0.717, 1.165) is 16.9 Å². The van der Waals surface area contributed by atoms with E-state index in [9.17, 15) is 9.59 Å². The summed E-state index contributed by atoms with van der Waals surface area (Å²) >= 11 is 0. The predicted molar refractivity (Wildman–Crippen MR) is 83.7 cm³/mol. The second-order valence-electron chi connectivity index (χ2n) is 5.08. The smallest absolute Gasteiger partial charge is 0.316 e. The molecular weight excluding hydrogens is 282 g/mol. The molecule has 0 radical (unpaired) electrons. The molecule has 2 rings (SSSR count). The molecule has 0 aliphatic heterocycles. The molecule has 0 unspecified atom stereocenters. The number of amides is 3. The lowest BCUT2D eigenvalue weighted by atomic mass is 10.1. The standard InChI is InChI=1S/C16H19N3O3/c1-9-10(2)22-11(3)14(9)15(20)18-8-12-4-6-13(7-5-12)19-16(17)21/h4-7H,8H2,1-3H3,(H,18,20)(H3,17,19,21). The molecule has 0 fully saturated rings. The van der Waals surface area contributed by atoms with E-state index in [2.05, 4.69) is 10.6 Å². The Morgan fingerprint density at radius 3 is 2.23 bits per heavy atom. The first-order valence-corrected chi connectivity index (χ1v) is 6.88. The van der Waals surface area contributed by atoms with Crippen LogP contribution in [0.4, 0.5) is 10.5 Å². The van der Waals surface area contributed by atoms with Crippen molar-refractivity contribution >= 4 is 17.6 Å². The Morgan fingerprint density at radius 1 is 1.09 bits per heavy atom. The van der Waals surface area contributed by atoms with Gasteiger partial charge in [0.2, 0.25) is 0 Å². The molecule has 6 nitrogen and oxygen atoms in total. The molecular formula is C16H19N3O3. The van der Waals surface area contributed by atoms with Gasteiger partial charge >= 0.3 is 6.03 Å². The normalized spacial score (nSPS) is 10.3. The fraction of sp³-hybridized carbons (Fsp3) is 0.250. The molecule has 0 aliphatic rings. The number of hydrogen-bond acceptors (Lipinski definition) is 3. The summed E-state index contributed by atoms with van der Waals surface area (Å²) in [7, 11) is 0. The van der Waals surface area contributed by atoms with Crippen LogP contribution in [-0.2, 0) is 6.54 Å². The van der Waals surface area contributed by atoms with Crippen molar-refractivity contribution in [2.45, 2.75) is 27.3 Å². The predicted octanol–water partition coefficient (Wildman–Crippen LogP) is 2.63. The first kappa shape index (κ1) is 15.6. The van der Waals surface area contributed by atoms with Gasteiger partial charge in [0.05, 0.1) is 5.56 Å². The molecule has 22 heavy (non-hydrogen) atoms. The summed E-state index contributed by atoms with van der Waals surface area (Å²) in [5.74, 6) is 1.21. The number of hydrogen-bond donors (Lipinski definition) is 3. The molecule has 0 saturated carbocycles. The summed E-state index contributed by atoms with van der Waals surface area (Å²) in [5, 5.41) is 5.34. The van der Waals surface area contributed by atoms with Gasteiger partial charge < -0.3 is 20.8 Å². The number of rotatable bonds is 4. The van der Waals surface area contributed by atoms with Crippen molar-refractivity contribution in [1.29, 1.82) is 0 Å². The average Bonchev–Trinajstić information content (AvgIpc) is 2.70. The Morgan fingerprint density at radius 2 is 1.73 bits per heavy atom. The third-order valence-electron chi connectivity index (χ3n) is 3.46. The third kappa shape index (κ3) is 3.46. The van der Waals surface area contributed by atoms with Gasteiger partial charge in [-0.2, -0.15) is 0 Å². The SMILES string of the molecule is Cc1oc(C)c(C(=O)NCc2ccc(NC(N)=O)cc2)c1C. The molecule has 1 heterocycles. The summed E-state index contributed by atoms with van der Waals surface area (Å²) in [6.07, 6.45) is 0. The van der Waals surface area contributed by atoms with Crippen LogP contribution in [-0.4, -0.2) is 11.9 Å². The van der Waals surface area contributed by atoms with Crippen LogP contribution in [0.15, 0.2) is 28.7 Å². The van der Waals surface area contributed by atoms with Gasteiger partial charge in [0.15, 0.2) is 0 Å². The molecule has 6 heteroatoms. The molecule has 116 valence electrons. The Balaban J connectivity index is 2.00. The maximum Gasteiger partial charge on any atom is 0.316 e. The Bertz CT molecular complexity index is 702. The fourth-order valence-corrected chi connectivity index (χ4v) is 2.25. The van der Waals surface area contributed by atoms with E-state index in [1.807, 2.05) is 26.0 Å². The van der Waals surface area contributed by atoms with Crippen LogP contribution in [0, 0.1) is 20.8 Å². The summed E-state index contributed by atoms with van der Waals surface area (Å²) in [5.41, 5.74) is 8.01. The highest BCUT2D eigenvalue weighted by molar-refractivity contribution is 5.96. The van der Waals surface area contributed by atoms with Crippen molar-refractivity contribution in [3.8, 4) is 0 Å². The van der Waals surface area contributed by atoms with Crippen LogP contribution in [0.25, 0.3) is 0 Å². The fourth-order valence-electron chi connectivity index (χ4n) is 2.25. The van der Waals surface area contributed by atoms with Gasteiger partial charge in [-0.1, -0.05) is 12.1 Å². The van der Waals surface area contributed by atoms with Gasteiger partial charge in [-0.05, 0) is 38.5 Å². The second-order valence-corrected chi connectivity index (χ2v) is 5.08. The number of benzene rings is 1. The van der Waals surface area contributed by atoms with Gasteiger partial charge in [-0.3, -0.25) is 4.79 Å². The maximum atomic E-state index is 12.2. The first-order valence-electron chi connectivity index (χ1n) is 6.88. The molecule has 0 bridgehead atoms. The number of anilines is 1. The number of nitrogens with two attached hydrogens (primary N) is 1. The molecule has 3 amide bonds. The minimum Gasteiger partial charge on any atom is -0.466 e. The minimum absolute atomic E-state index is 0.161. The van der Waals surface area contributed by atoms with Crippen LogP contribution < -0.4 is 16.4 Å². The lowest BCUT2D eigenvalue weighted by molar-refractivity contribution is 0.0949. The number of furan rings is 1. The third-order valence-corrected chi connectivity index (χ3v) is 3.46. The summed E-state index contributed by atoms with van der Waals surface area (Å²) < 4.78 is 5.46. The van der Waals surface area contributed by atoms with Gasteiger partial charge in [-0.15, -0.1) is 0 Å². The number of aryl methyl sites for hydroxylation is 2. The molecule has 0 spiro atoms. The van der Waals surface area contributed by atoms with Crippen LogP contribution in [0.3, 0.4) is 0 Å². The van der Waals surface area contributed by atoms with Gasteiger partial charge in [-0.25, -0.2) is 4.79 Å². The topological polar surface area (TPSA) is 97.4 Å². The molecule has 0 atom stereocenters. The minimum atomic E-state index is -0.609. The number of urea groups is 1. The lowest BCUT2D eigenvalue weighted by Gasteiger charge is -2.07. The Kier molecular flexibility index (Phi) is 4.50. The van der Waals surface area contributed by atoms with Crippen molar-refractivity contribution < 1.29 is 14.0 Å². The Hall–Kier alpha value is -2.76. The number of primary amides is 1. The molecule has 0 saturated heterocycles. The van der Waals surface area contributed by atoms with E-state index in [1.165, 1.54) is 0 Å². The van der Waals surface area contributed by atoms with Crippen molar-refractivity contribution in [1.82, 2.24) is 5.32 Å². The first-order chi connectivity index (χ1) is 10.4. The van der Waals surface area contributed by atoms with Crippen molar-refractivity contribution in [3.63, 3.8) is 0 Å². The summed E-state index contributed by atoms with van der Waals surface area (Å²) in [4.78, 5) is 23.0. The number of carbonyl (C=O) groups is 2. The number of nitrogens with one attached hydrogen (secondary N) is 2. The highest BCUT2D eigenvalue weighted by Crippen LogP contribution is 2.20. The monoisotopic (exact) mass is 301 g/mol. The average molecular weight is 301 g/mol. The largest absolute Gasteiger partial charge is 0.466 e. The molecule has 2 aromatic rings. The van der Waals surface area contributed by atoms with Crippen molar-refractivity contribution in [2.75, 3.05) is 5.32 Å².